The van der Waals surface area contributed by atoms with Crippen molar-refractivity contribution < 1.29 is 4.40 Å². The van der Waals surface area contributed by atoms with Crippen LogP contribution in [0.5, 0.6) is 0 Å². The van der Waals surface area contributed by atoms with Crippen molar-refractivity contribution in [3.8, 4) is 0 Å². The van der Waals surface area contributed by atoms with Crippen LogP contribution in [-0.4, -0.2) is 12.6 Å². The van der Waals surface area contributed by atoms with Gasteiger partial charge in [-0.2, -0.15) is 4.40 Å². The van der Waals surface area contributed by atoms with E-state index in [1.165, 1.54) is 31.3 Å². The number of hydrogen-bond donors (Lipinski definition) is 1. The normalized spacial score (nSPS) is 24.6. The Bertz CT molecular complexity index is 496. The Kier molecular flexibility index (Phi) is 3.89. The molecule has 2 aromatic heterocycles. The predicted molar refractivity (Wildman–Crippen MR) is 77.9 cm³/mol. The number of nitrogens with zero attached hydrogens (tertiary/aromatic N) is 1. The largest absolute Gasteiger partial charge is 0.310 e. The van der Waals surface area contributed by atoms with Crippen LogP contribution in [0.2, 0.25) is 0 Å². The van der Waals surface area contributed by atoms with E-state index in [1.54, 1.807) is 0 Å². The molecule has 0 spiro atoms. The van der Waals surface area contributed by atoms with Gasteiger partial charge in [-0.15, -0.1) is 0 Å². The van der Waals surface area contributed by atoms with Gasteiger partial charge in [0.25, 0.3) is 0 Å². The molecule has 1 saturated heterocycles. The molecule has 19 heavy (non-hydrogen) atoms. The Morgan fingerprint density at radius 2 is 1.79 bits per heavy atom. The van der Waals surface area contributed by atoms with Crippen LogP contribution >= 0.6 is 0 Å². The lowest BCUT2D eigenvalue weighted by atomic mass is 9.91. The summed E-state index contributed by atoms with van der Waals surface area (Å²) in [4.78, 5) is 0. The number of pyridine rings is 2. The van der Waals surface area contributed by atoms with Gasteiger partial charge in [-0.1, -0.05) is 12.2 Å². The fourth-order valence-electron chi connectivity index (χ4n) is 2.93. The summed E-state index contributed by atoms with van der Waals surface area (Å²) in [7, 11) is 0. The second-order valence-electron chi connectivity index (χ2n) is 5.27. The maximum Gasteiger partial charge on any atom is 0.210 e. The molecule has 1 fully saturated rings. The van der Waals surface area contributed by atoms with Gasteiger partial charge in [0, 0.05) is 30.3 Å². The maximum atomic E-state index is 3.47. The molecule has 2 aromatic rings. The van der Waals surface area contributed by atoms with E-state index in [9.17, 15) is 0 Å². The standard InChI is InChI=1S/C9H8N.C8H13N/c1-3-7-10-8-4-2-6-9(10)5-1;1-2-4-8-7(3-1)5-6-9-8/h1-8H;2,4,7-9H,1,3,5-6H2/q+1;. The summed E-state index contributed by atoms with van der Waals surface area (Å²) >= 11 is 0. The van der Waals surface area contributed by atoms with Crippen LogP contribution in [0.4, 0.5) is 0 Å². The minimum atomic E-state index is 0.735. The Morgan fingerprint density at radius 3 is 2.47 bits per heavy atom. The highest BCUT2D eigenvalue weighted by molar-refractivity contribution is 5.36. The van der Waals surface area contributed by atoms with Gasteiger partial charge in [-0.05, 0) is 43.9 Å². The molecule has 1 aliphatic heterocycles. The minimum Gasteiger partial charge on any atom is -0.310 e. The van der Waals surface area contributed by atoms with E-state index in [1.807, 2.05) is 36.7 Å². The molecule has 0 aromatic carbocycles. The zero-order valence-corrected chi connectivity index (χ0v) is 11.2. The van der Waals surface area contributed by atoms with E-state index in [-0.39, 0.29) is 0 Å². The lowest BCUT2D eigenvalue weighted by molar-refractivity contribution is -0.511. The number of hydrogen-bond acceptors (Lipinski definition) is 1. The summed E-state index contributed by atoms with van der Waals surface area (Å²) in [6, 6.07) is 13.0. The molecular weight excluding hydrogens is 232 g/mol. The molecule has 2 unspecified atom stereocenters. The van der Waals surface area contributed by atoms with Crippen molar-refractivity contribution >= 4 is 5.52 Å². The maximum absolute atomic E-state index is 3.47. The van der Waals surface area contributed by atoms with Gasteiger partial charge in [-0.3, -0.25) is 0 Å². The first kappa shape index (κ1) is 12.4. The number of rotatable bonds is 0. The van der Waals surface area contributed by atoms with Gasteiger partial charge in [0.2, 0.25) is 5.52 Å². The average Bonchev–Trinajstić information content (AvgIpc) is 2.96. The van der Waals surface area contributed by atoms with Crippen molar-refractivity contribution in [2.45, 2.75) is 25.3 Å². The smallest absolute Gasteiger partial charge is 0.210 e. The molecule has 0 radical (unpaired) electrons. The van der Waals surface area contributed by atoms with Crippen LogP contribution in [0, 0.1) is 5.92 Å². The lowest BCUT2D eigenvalue weighted by Gasteiger charge is -2.18. The second-order valence-corrected chi connectivity index (χ2v) is 5.27. The minimum absolute atomic E-state index is 0.735. The fraction of sp³-hybridized carbons (Fsp3) is 0.353. The summed E-state index contributed by atoms with van der Waals surface area (Å²) in [5.41, 5.74) is 1.23. The third-order valence-electron chi connectivity index (χ3n) is 4.00. The van der Waals surface area contributed by atoms with Crippen molar-refractivity contribution in [1.29, 1.82) is 0 Å². The van der Waals surface area contributed by atoms with Gasteiger partial charge in [0.1, 0.15) is 0 Å². The van der Waals surface area contributed by atoms with Crippen LogP contribution in [0.3, 0.4) is 0 Å². The van der Waals surface area contributed by atoms with Crippen LogP contribution in [0.15, 0.2) is 60.9 Å². The lowest BCUT2D eigenvalue weighted by Crippen LogP contribution is -2.25. The topological polar surface area (TPSA) is 16.1 Å². The summed E-state index contributed by atoms with van der Waals surface area (Å²) in [5, 5.41) is 3.47. The van der Waals surface area contributed by atoms with Gasteiger partial charge >= 0.3 is 0 Å². The predicted octanol–water partition coefficient (Wildman–Crippen LogP) is 2.74. The summed E-state index contributed by atoms with van der Waals surface area (Å²) in [6.07, 6.45) is 12.8. The number of fused-ring (bicyclic) bond motifs is 2. The van der Waals surface area contributed by atoms with E-state index in [0.29, 0.717) is 0 Å². The van der Waals surface area contributed by atoms with E-state index in [4.69, 9.17) is 0 Å². The van der Waals surface area contributed by atoms with E-state index < -0.39 is 0 Å². The summed E-state index contributed by atoms with van der Waals surface area (Å²) < 4.78 is 2.08. The average molecular weight is 253 g/mol. The molecule has 1 N–H and O–H groups in total. The molecule has 2 nitrogen and oxygen atoms in total. The van der Waals surface area contributed by atoms with Crippen molar-refractivity contribution in [2.75, 3.05) is 6.54 Å². The Hall–Kier alpha value is -1.67. The van der Waals surface area contributed by atoms with E-state index in [0.717, 1.165) is 12.0 Å². The molecule has 0 saturated carbocycles. The van der Waals surface area contributed by atoms with Crippen LogP contribution in [0.25, 0.3) is 5.52 Å². The second kappa shape index (κ2) is 5.98. The zero-order valence-electron chi connectivity index (χ0n) is 11.2. The SMILES string of the molecule is C1=CC2NCCC2CC1.c1cc[n+]2ccccc2c1. The Labute approximate surface area is 114 Å². The van der Waals surface area contributed by atoms with Crippen molar-refractivity contribution in [1.82, 2.24) is 5.32 Å². The van der Waals surface area contributed by atoms with Gasteiger partial charge in [-0.25, -0.2) is 0 Å². The molecule has 98 valence electrons. The monoisotopic (exact) mass is 253 g/mol. The third-order valence-corrected chi connectivity index (χ3v) is 4.00. The van der Waals surface area contributed by atoms with Gasteiger partial charge < -0.3 is 5.32 Å². The first-order chi connectivity index (χ1) is 9.43. The van der Waals surface area contributed by atoms with Crippen molar-refractivity contribution in [2.24, 2.45) is 5.92 Å². The highest BCUT2D eigenvalue weighted by Crippen LogP contribution is 2.25. The quantitative estimate of drug-likeness (QED) is 0.564. The molecule has 4 rings (SSSR count). The van der Waals surface area contributed by atoms with Crippen molar-refractivity contribution in [3.05, 3.63) is 60.9 Å². The fourth-order valence-corrected chi connectivity index (χ4v) is 2.93. The molecule has 2 heteroatoms. The van der Waals surface area contributed by atoms with Gasteiger partial charge in [0.05, 0.1) is 0 Å². The first-order valence-corrected chi connectivity index (χ1v) is 7.18. The van der Waals surface area contributed by atoms with Crippen LogP contribution < -0.4 is 9.72 Å². The molecule has 0 amide bonds. The molecular formula is C17H21N2+. The van der Waals surface area contributed by atoms with Crippen LogP contribution in [0.1, 0.15) is 19.3 Å². The van der Waals surface area contributed by atoms with Gasteiger partial charge in [0.15, 0.2) is 12.4 Å². The molecule has 2 aliphatic rings. The highest BCUT2D eigenvalue weighted by Gasteiger charge is 2.25. The zero-order chi connectivity index (χ0) is 12.9. The number of allylic oxidation sites excluding steroid dienone is 1. The Balaban J connectivity index is 0.000000117. The molecule has 3 heterocycles. The van der Waals surface area contributed by atoms with E-state index >= 15 is 0 Å². The molecule has 2 atom stereocenters. The molecule has 0 bridgehead atoms. The van der Waals surface area contributed by atoms with Crippen molar-refractivity contribution in [3.63, 3.8) is 0 Å². The highest BCUT2D eigenvalue weighted by atomic mass is 14.9. The number of aromatic nitrogens is 1. The summed E-state index contributed by atoms with van der Waals surface area (Å²) in [5.74, 6) is 0.968. The number of nitrogens with one attached hydrogen (secondary N) is 1. The summed E-state index contributed by atoms with van der Waals surface area (Å²) in [6.45, 7) is 1.24. The first-order valence-electron chi connectivity index (χ1n) is 7.18. The van der Waals surface area contributed by atoms with Crippen LogP contribution in [-0.2, 0) is 0 Å². The third kappa shape index (κ3) is 3.02. The molecule has 1 aliphatic carbocycles. The van der Waals surface area contributed by atoms with E-state index in [2.05, 4.69) is 34.0 Å². The Morgan fingerprint density at radius 1 is 1.00 bits per heavy atom.